The van der Waals surface area contributed by atoms with Crippen LogP contribution in [0.5, 0.6) is 0 Å². The van der Waals surface area contributed by atoms with Crippen molar-refractivity contribution in [1.82, 2.24) is 4.98 Å². The predicted molar refractivity (Wildman–Crippen MR) is 97.0 cm³/mol. The van der Waals surface area contributed by atoms with Gasteiger partial charge in [-0.05, 0) is 37.5 Å². The number of alkyl halides is 3. The SMILES string of the molecule is Cc1nc(-c2ccc(C(F)(F)F)cc2)sc1C(O)CCc1ccccc1. The van der Waals surface area contributed by atoms with Crippen LogP contribution < -0.4 is 0 Å². The number of aryl methyl sites for hydroxylation is 2. The number of rotatable bonds is 5. The number of nitrogens with zero attached hydrogens (tertiary/aromatic N) is 1. The van der Waals surface area contributed by atoms with Crippen LogP contribution in [0.2, 0.25) is 0 Å². The number of aliphatic hydroxyl groups is 1. The molecule has 136 valence electrons. The molecule has 0 radical (unpaired) electrons. The average molecular weight is 377 g/mol. The molecule has 0 saturated heterocycles. The van der Waals surface area contributed by atoms with Crippen LogP contribution in [0.25, 0.3) is 10.6 Å². The molecule has 26 heavy (non-hydrogen) atoms. The van der Waals surface area contributed by atoms with E-state index in [1.165, 1.54) is 23.5 Å². The zero-order valence-electron chi connectivity index (χ0n) is 14.1. The molecule has 0 amide bonds. The van der Waals surface area contributed by atoms with E-state index in [2.05, 4.69) is 4.98 Å². The van der Waals surface area contributed by atoms with Crippen molar-refractivity contribution in [2.24, 2.45) is 0 Å². The first-order chi connectivity index (χ1) is 12.3. The predicted octanol–water partition coefficient (Wildman–Crippen LogP) is 5.80. The van der Waals surface area contributed by atoms with Crippen molar-refractivity contribution in [1.29, 1.82) is 0 Å². The van der Waals surface area contributed by atoms with Crippen LogP contribution in [0.1, 0.15) is 34.2 Å². The van der Waals surface area contributed by atoms with Gasteiger partial charge in [0, 0.05) is 5.56 Å². The van der Waals surface area contributed by atoms with Gasteiger partial charge in [-0.25, -0.2) is 4.98 Å². The van der Waals surface area contributed by atoms with Crippen molar-refractivity contribution < 1.29 is 18.3 Å². The summed E-state index contributed by atoms with van der Waals surface area (Å²) in [6.45, 7) is 1.81. The zero-order valence-corrected chi connectivity index (χ0v) is 14.9. The lowest BCUT2D eigenvalue weighted by atomic mass is 10.1. The first-order valence-electron chi connectivity index (χ1n) is 8.21. The van der Waals surface area contributed by atoms with Crippen molar-refractivity contribution in [3.05, 3.63) is 76.3 Å². The fraction of sp³-hybridized carbons (Fsp3) is 0.250. The summed E-state index contributed by atoms with van der Waals surface area (Å²) in [5.74, 6) is 0. The largest absolute Gasteiger partial charge is 0.416 e. The standard InChI is InChI=1S/C20H18F3NOS/c1-13-18(17(25)12-7-14-5-3-2-4-6-14)26-19(24-13)15-8-10-16(11-9-15)20(21,22)23/h2-6,8-11,17,25H,7,12H2,1H3. The molecule has 0 fully saturated rings. The van der Waals surface area contributed by atoms with Crippen LogP contribution in [0.4, 0.5) is 13.2 Å². The lowest BCUT2D eigenvalue weighted by Gasteiger charge is -2.09. The molecular formula is C20H18F3NOS. The maximum atomic E-state index is 12.7. The highest BCUT2D eigenvalue weighted by Crippen LogP contribution is 2.35. The van der Waals surface area contributed by atoms with E-state index in [0.29, 0.717) is 22.7 Å². The third-order valence-electron chi connectivity index (χ3n) is 4.14. The van der Waals surface area contributed by atoms with Gasteiger partial charge in [-0.1, -0.05) is 42.5 Å². The minimum Gasteiger partial charge on any atom is -0.387 e. The highest BCUT2D eigenvalue weighted by Gasteiger charge is 2.30. The Morgan fingerprint density at radius 1 is 1.04 bits per heavy atom. The molecule has 1 aromatic heterocycles. The monoisotopic (exact) mass is 377 g/mol. The van der Waals surface area contributed by atoms with E-state index in [9.17, 15) is 18.3 Å². The summed E-state index contributed by atoms with van der Waals surface area (Å²) in [6.07, 6.45) is -3.68. The van der Waals surface area contributed by atoms with Crippen LogP contribution in [-0.4, -0.2) is 10.1 Å². The van der Waals surface area contributed by atoms with Gasteiger partial charge >= 0.3 is 6.18 Å². The molecule has 1 unspecified atom stereocenters. The summed E-state index contributed by atoms with van der Waals surface area (Å²) in [4.78, 5) is 5.19. The molecule has 0 bridgehead atoms. The minimum atomic E-state index is -4.35. The number of benzene rings is 2. The molecule has 3 aromatic rings. The third kappa shape index (κ3) is 4.31. The molecule has 0 aliphatic carbocycles. The van der Waals surface area contributed by atoms with Crippen LogP contribution in [0.3, 0.4) is 0 Å². The number of thiazole rings is 1. The van der Waals surface area contributed by atoms with Crippen molar-refractivity contribution in [3.8, 4) is 10.6 Å². The Bertz CT molecular complexity index is 857. The summed E-state index contributed by atoms with van der Waals surface area (Å²) >= 11 is 1.33. The molecule has 1 heterocycles. The van der Waals surface area contributed by atoms with Gasteiger partial charge in [0.2, 0.25) is 0 Å². The Balaban J connectivity index is 1.74. The van der Waals surface area contributed by atoms with E-state index in [1.54, 1.807) is 0 Å². The second kappa shape index (κ2) is 7.60. The topological polar surface area (TPSA) is 33.1 Å². The Kier molecular flexibility index (Phi) is 5.44. The molecule has 0 aliphatic heterocycles. The Hall–Kier alpha value is -2.18. The fourth-order valence-corrected chi connectivity index (χ4v) is 3.81. The van der Waals surface area contributed by atoms with Gasteiger partial charge in [0.05, 0.1) is 22.2 Å². The van der Waals surface area contributed by atoms with Gasteiger partial charge in [-0.3, -0.25) is 0 Å². The van der Waals surface area contributed by atoms with E-state index in [4.69, 9.17) is 0 Å². The van der Waals surface area contributed by atoms with Crippen LogP contribution in [0.15, 0.2) is 54.6 Å². The van der Waals surface area contributed by atoms with Crippen molar-refractivity contribution >= 4 is 11.3 Å². The van der Waals surface area contributed by atoms with Crippen molar-refractivity contribution in [3.63, 3.8) is 0 Å². The Morgan fingerprint density at radius 3 is 2.31 bits per heavy atom. The normalized spacial score (nSPS) is 13.0. The molecule has 6 heteroatoms. The quantitative estimate of drug-likeness (QED) is 0.609. The smallest absolute Gasteiger partial charge is 0.387 e. The van der Waals surface area contributed by atoms with E-state index < -0.39 is 17.8 Å². The zero-order chi connectivity index (χ0) is 18.7. The summed E-state index contributed by atoms with van der Waals surface area (Å²) < 4.78 is 38.0. The van der Waals surface area contributed by atoms with Crippen LogP contribution in [0, 0.1) is 6.92 Å². The van der Waals surface area contributed by atoms with Gasteiger partial charge in [0.25, 0.3) is 0 Å². The third-order valence-corrected chi connectivity index (χ3v) is 5.45. The maximum Gasteiger partial charge on any atom is 0.416 e. The minimum absolute atomic E-state index is 0.569. The molecule has 2 aromatic carbocycles. The number of aromatic nitrogens is 1. The van der Waals surface area contributed by atoms with Gasteiger partial charge < -0.3 is 5.11 Å². The Morgan fingerprint density at radius 2 is 1.69 bits per heavy atom. The van der Waals surface area contributed by atoms with E-state index >= 15 is 0 Å². The van der Waals surface area contributed by atoms with Crippen LogP contribution >= 0.6 is 11.3 Å². The second-order valence-corrected chi connectivity index (χ2v) is 7.11. The van der Waals surface area contributed by atoms with E-state index in [1.807, 2.05) is 37.3 Å². The fourth-order valence-electron chi connectivity index (χ4n) is 2.72. The number of halogens is 3. The molecule has 0 spiro atoms. The summed E-state index contributed by atoms with van der Waals surface area (Å²) in [7, 11) is 0. The summed E-state index contributed by atoms with van der Waals surface area (Å²) in [5.41, 5.74) is 1.80. The molecule has 0 aliphatic rings. The summed E-state index contributed by atoms with van der Waals surface area (Å²) in [5, 5.41) is 11.1. The lowest BCUT2D eigenvalue weighted by Crippen LogP contribution is -2.03. The molecular weight excluding hydrogens is 359 g/mol. The van der Waals surface area contributed by atoms with Crippen LogP contribution in [-0.2, 0) is 12.6 Å². The second-order valence-electron chi connectivity index (χ2n) is 6.08. The first kappa shape index (κ1) is 18.6. The van der Waals surface area contributed by atoms with Gasteiger partial charge in [-0.2, -0.15) is 13.2 Å². The summed E-state index contributed by atoms with van der Waals surface area (Å²) in [6, 6.07) is 14.8. The molecule has 1 N–H and O–H groups in total. The molecule has 2 nitrogen and oxygen atoms in total. The van der Waals surface area contributed by atoms with Crippen molar-refractivity contribution in [2.75, 3.05) is 0 Å². The molecule has 0 saturated carbocycles. The van der Waals surface area contributed by atoms with Crippen molar-refractivity contribution in [2.45, 2.75) is 32.0 Å². The molecule has 1 atom stereocenters. The number of hydrogen-bond acceptors (Lipinski definition) is 3. The number of hydrogen-bond donors (Lipinski definition) is 1. The maximum absolute atomic E-state index is 12.7. The Labute approximate surface area is 154 Å². The van der Waals surface area contributed by atoms with Gasteiger partial charge in [0.1, 0.15) is 5.01 Å². The van der Waals surface area contributed by atoms with E-state index in [0.717, 1.165) is 29.0 Å². The average Bonchev–Trinajstić information content (AvgIpc) is 3.02. The highest BCUT2D eigenvalue weighted by atomic mass is 32.1. The number of aliphatic hydroxyl groups excluding tert-OH is 1. The highest BCUT2D eigenvalue weighted by molar-refractivity contribution is 7.15. The van der Waals surface area contributed by atoms with E-state index in [-0.39, 0.29) is 0 Å². The molecule has 3 rings (SSSR count). The first-order valence-corrected chi connectivity index (χ1v) is 9.03. The van der Waals surface area contributed by atoms with Gasteiger partial charge in [-0.15, -0.1) is 11.3 Å². The van der Waals surface area contributed by atoms with Gasteiger partial charge in [0.15, 0.2) is 0 Å². The lowest BCUT2D eigenvalue weighted by molar-refractivity contribution is -0.137.